The highest BCUT2D eigenvalue weighted by atomic mass is 16.6. The van der Waals surface area contributed by atoms with Gasteiger partial charge in [-0.1, -0.05) is 273 Å². The minimum atomic E-state index is -0.791. The van der Waals surface area contributed by atoms with Crippen LogP contribution in [-0.2, 0) is 28.6 Å². The van der Waals surface area contributed by atoms with Crippen LogP contribution >= 0.6 is 0 Å². The first-order valence-electron chi connectivity index (χ1n) is 33.1. The van der Waals surface area contributed by atoms with Crippen molar-refractivity contribution in [1.29, 1.82) is 0 Å². The molecule has 0 aliphatic rings. The van der Waals surface area contributed by atoms with Gasteiger partial charge in [-0.3, -0.25) is 14.4 Å². The topological polar surface area (TPSA) is 78.9 Å². The first-order chi connectivity index (χ1) is 38.0. The van der Waals surface area contributed by atoms with Gasteiger partial charge in [-0.2, -0.15) is 0 Å². The largest absolute Gasteiger partial charge is 0.462 e. The van der Waals surface area contributed by atoms with Gasteiger partial charge in [0.15, 0.2) is 6.10 Å². The Morgan fingerprint density at radius 3 is 0.766 bits per heavy atom. The van der Waals surface area contributed by atoms with Crippen molar-refractivity contribution in [3.8, 4) is 0 Å². The zero-order valence-corrected chi connectivity index (χ0v) is 51.0. The number of ether oxygens (including phenoxy) is 3. The molecule has 444 valence electrons. The van der Waals surface area contributed by atoms with Crippen LogP contribution in [0.15, 0.2) is 85.1 Å². The summed E-state index contributed by atoms with van der Waals surface area (Å²) in [6.07, 6.45) is 85.8. The molecule has 1 atom stereocenters. The van der Waals surface area contributed by atoms with Gasteiger partial charge in [0, 0.05) is 19.3 Å². The second-order valence-corrected chi connectivity index (χ2v) is 22.0. The quantitative estimate of drug-likeness (QED) is 0.0261. The highest BCUT2D eigenvalue weighted by molar-refractivity contribution is 5.71. The van der Waals surface area contributed by atoms with E-state index in [1.54, 1.807) is 0 Å². The number of hydrogen-bond donors (Lipinski definition) is 0. The molecule has 6 heteroatoms. The number of carbonyl (C=O) groups excluding carboxylic acids is 3. The Labute approximate surface area is 477 Å². The molecule has 0 aliphatic carbocycles. The smallest absolute Gasteiger partial charge is 0.306 e. The summed E-state index contributed by atoms with van der Waals surface area (Å²) >= 11 is 0. The summed E-state index contributed by atoms with van der Waals surface area (Å²) in [5, 5.41) is 0. The van der Waals surface area contributed by atoms with E-state index >= 15 is 0 Å². The van der Waals surface area contributed by atoms with Gasteiger partial charge in [-0.25, -0.2) is 0 Å². The van der Waals surface area contributed by atoms with Crippen LogP contribution in [0.2, 0.25) is 0 Å². The zero-order valence-electron chi connectivity index (χ0n) is 51.0. The predicted octanol–water partition coefficient (Wildman–Crippen LogP) is 22.7. The normalized spacial score (nSPS) is 12.6. The van der Waals surface area contributed by atoms with Crippen LogP contribution in [0.4, 0.5) is 0 Å². The maximum atomic E-state index is 12.9. The zero-order chi connectivity index (χ0) is 55.7. The van der Waals surface area contributed by atoms with E-state index in [0.717, 1.165) is 103 Å². The predicted molar refractivity (Wildman–Crippen MR) is 334 cm³/mol. The summed E-state index contributed by atoms with van der Waals surface area (Å²) in [4.78, 5) is 38.4. The molecule has 0 saturated carbocycles. The Hall–Kier alpha value is -3.41. The molecule has 0 heterocycles. The van der Waals surface area contributed by atoms with E-state index in [0.29, 0.717) is 19.3 Å². The average molecular weight is 1070 g/mol. The van der Waals surface area contributed by atoms with Gasteiger partial charge in [0.25, 0.3) is 0 Å². The number of carbonyl (C=O) groups is 3. The molecule has 1 unspecified atom stereocenters. The molecule has 0 aromatic carbocycles. The fourth-order valence-electron chi connectivity index (χ4n) is 9.33. The van der Waals surface area contributed by atoms with Gasteiger partial charge >= 0.3 is 17.9 Å². The Kier molecular flexibility index (Phi) is 62.2. The molecule has 77 heavy (non-hydrogen) atoms. The fourth-order valence-corrected chi connectivity index (χ4v) is 9.33. The van der Waals surface area contributed by atoms with Crippen molar-refractivity contribution in [3.63, 3.8) is 0 Å². The minimum Gasteiger partial charge on any atom is -0.462 e. The average Bonchev–Trinajstić information content (AvgIpc) is 3.43. The van der Waals surface area contributed by atoms with Crippen LogP contribution in [0, 0.1) is 0 Å². The van der Waals surface area contributed by atoms with Gasteiger partial charge in [-0.15, -0.1) is 0 Å². The van der Waals surface area contributed by atoms with Crippen LogP contribution in [-0.4, -0.2) is 37.2 Å². The lowest BCUT2D eigenvalue weighted by molar-refractivity contribution is -0.167. The summed E-state index contributed by atoms with van der Waals surface area (Å²) in [5.74, 6) is -0.898. The molecule has 0 N–H and O–H groups in total. The molecule has 0 saturated heterocycles. The minimum absolute atomic E-state index is 0.0857. The van der Waals surface area contributed by atoms with Crippen LogP contribution in [0.5, 0.6) is 0 Å². The number of esters is 3. The van der Waals surface area contributed by atoms with E-state index in [1.165, 1.54) is 186 Å². The monoisotopic (exact) mass is 1070 g/mol. The van der Waals surface area contributed by atoms with Crippen LogP contribution in [0.25, 0.3) is 0 Å². The second kappa shape index (κ2) is 65.1. The molecular formula is C71H124O6. The third-order valence-electron chi connectivity index (χ3n) is 14.3. The maximum absolute atomic E-state index is 12.9. The van der Waals surface area contributed by atoms with Crippen molar-refractivity contribution in [1.82, 2.24) is 0 Å². The number of hydrogen-bond acceptors (Lipinski definition) is 6. The van der Waals surface area contributed by atoms with Gasteiger partial charge in [0.05, 0.1) is 0 Å². The first-order valence-corrected chi connectivity index (χ1v) is 33.1. The third kappa shape index (κ3) is 63.3. The van der Waals surface area contributed by atoms with Crippen LogP contribution in [0.3, 0.4) is 0 Å². The Morgan fingerprint density at radius 2 is 0.468 bits per heavy atom. The Morgan fingerprint density at radius 1 is 0.260 bits per heavy atom. The first kappa shape index (κ1) is 73.6. The van der Waals surface area contributed by atoms with Gasteiger partial charge in [-0.05, 0) is 122 Å². The van der Waals surface area contributed by atoms with E-state index in [-0.39, 0.29) is 31.1 Å². The standard InChI is InChI=1S/C71H124O6/c1-4-7-10-13-16-19-22-25-28-30-32-33-34-35-36-37-39-40-43-46-49-52-55-58-61-64-70(73)76-67-68(66-75-69(72)63-60-57-54-51-48-45-42-27-24-21-18-15-12-9-6-3)77-71(74)65-62-59-56-53-50-47-44-41-38-31-29-26-23-20-17-14-11-8-5-2/h17,20,22,25-27,29-30,32,34-35,38,41-42,68H,4-16,18-19,21,23-24,28,31,33,36-37,39-40,43-67H2,1-3H3/b20-17-,25-22-,29-26-,32-30-,35-34-,41-38-,42-27-. The Bertz CT molecular complexity index is 1470. The molecule has 0 aromatic rings. The van der Waals surface area contributed by atoms with Crippen molar-refractivity contribution in [3.05, 3.63) is 85.1 Å². The summed E-state index contributed by atoms with van der Waals surface area (Å²) in [7, 11) is 0. The van der Waals surface area contributed by atoms with Crippen molar-refractivity contribution in [2.24, 2.45) is 0 Å². The summed E-state index contributed by atoms with van der Waals surface area (Å²) in [6.45, 7) is 6.61. The van der Waals surface area contributed by atoms with Gasteiger partial charge in [0.2, 0.25) is 0 Å². The summed E-state index contributed by atoms with van der Waals surface area (Å²) in [6, 6.07) is 0. The number of unbranched alkanes of at least 4 members (excludes halogenated alkanes) is 35. The third-order valence-corrected chi connectivity index (χ3v) is 14.3. The van der Waals surface area contributed by atoms with Gasteiger partial charge < -0.3 is 14.2 Å². The van der Waals surface area contributed by atoms with Crippen LogP contribution in [0.1, 0.15) is 329 Å². The van der Waals surface area contributed by atoms with E-state index in [9.17, 15) is 14.4 Å². The fraction of sp³-hybridized carbons (Fsp3) is 0.761. The molecule has 0 aliphatic heterocycles. The number of rotatable bonds is 60. The molecule has 0 aromatic heterocycles. The molecule has 0 radical (unpaired) electrons. The van der Waals surface area contributed by atoms with Crippen molar-refractivity contribution >= 4 is 17.9 Å². The van der Waals surface area contributed by atoms with Crippen molar-refractivity contribution < 1.29 is 28.6 Å². The van der Waals surface area contributed by atoms with Crippen molar-refractivity contribution in [2.75, 3.05) is 13.2 Å². The number of allylic oxidation sites excluding steroid dienone is 14. The van der Waals surface area contributed by atoms with Crippen molar-refractivity contribution in [2.45, 2.75) is 335 Å². The molecule has 6 nitrogen and oxygen atoms in total. The Balaban J connectivity index is 4.37. The maximum Gasteiger partial charge on any atom is 0.306 e. The highest BCUT2D eigenvalue weighted by Crippen LogP contribution is 2.16. The second-order valence-electron chi connectivity index (χ2n) is 22.0. The molecule has 0 bridgehead atoms. The van der Waals surface area contributed by atoms with Gasteiger partial charge in [0.1, 0.15) is 13.2 Å². The lowest BCUT2D eigenvalue weighted by atomic mass is 10.1. The SMILES string of the molecule is CCCCC/C=C\C/C=C\C/C=C\CCCCCCCCC(=O)OC(COC(=O)CCCCCCC/C=C\CCCCCCCC)COC(=O)CCCCCCCCCCCC/C=C\C/C=C\C/C=C\CCCCCCC. The van der Waals surface area contributed by atoms with E-state index in [1.807, 2.05) is 0 Å². The van der Waals surface area contributed by atoms with Crippen LogP contribution < -0.4 is 0 Å². The lowest BCUT2D eigenvalue weighted by Gasteiger charge is -2.18. The highest BCUT2D eigenvalue weighted by Gasteiger charge is 2.19. The molecular weight excluding hydrogens is 949 g/mol. The van der Waals surface area contributed by atoms with E-state index in [2.05, 4.69) is 106 Å². The summed E-state index contributed by atoms with van der Waals surface area (Å²) in [5.41, 5.74) is 0. The molecule has 0 spiro atoms. The molecule has 0 amide bonds. The molecule has 0 rings (SSSR count). The van der Waals surface area contributed by atoms with E-state index < -0.39 is 6.10 Å². The summed E-state index contributed by atoms with van der Waals surface area (Å²) < 4.78 is 16.9. The molecule has 0 fully saturated rings. The lowest BCUT2D eigenvalue weighted by Crippen LogP contribution is -2.30. The van der Waals surface area contributed by atoms with E-state index in [4.69, 9.17) is 14.2 Å².